The van der Waals surface area contributed by atoms with E-state index in [-0.39, 0.29) is 23.8 Å². The fourth-order valence-electron chi connectivity index (χ4n) is 5.70. The van der Waals surface area contributed by atoms with Crippen LogP contribution in [0.5, 0.6) is 0 Å². The number of hydrogen-bond acceptors (Lipinski definition) is 10. The van der Waals surface area contributed by atoms with Gasteiger partial charge in [0.25, 0.3) is 0 Å². The summed E-state index contributed by atoms with van der Waals surface area (Å²) < 4.78 is 5.49. The van der Waals surface area contributed by atoms with Crippen molar-refractivity contribution in [2.45, 2.75) is 39.7 Å². The average Bonchev–Trinajstić information content (AvgIpc) is 3.30. The Bertz CT molecular complexity index is 1190. The van der Waals surface area contributed by atoms with Gasteiger partial charge in [-0.3, -0.25) is 0 Å². The molecule has 0 spiro atoms. The first-order valence-corrected chi connectivity index (χ1v) is 13.6. The molecule has 1 saturated heterocycles. The Morgan fingerprint density at radius 2 is 1.92 bits per heavy atom. The highest BCUT2D eigenvalue weighted by molar-refractivity contribution is 5.88. The first-order chi connectivity index (χ1) is 18.3. The van der Waals surface area contributed by atoms with Crippen molar-refractivity contribution in [3.8, 4) is 0 Å². The van der Waals surface area contributed by atoms with E-state index in [0.717, 1.165) is 67.2 Å². The maximum Gasteiger partial charge on any atom is 0.329 e. The predicted octanol–water partition coefficient (Wildman–Crippen LogP) is 2.79. The molecule has 4 N–H and O–H groups in total. The summed E-state index contributed by atoms with van der Waals surface area (Å²) in [6, 6.07) is 7.93. The SMILES string of the molecule is CCOC(=O)C1C2=C(NN1CCCN)c1nc(Nc3ccc(N4CCN(C)CC4)cc3)ncc1CC2(C)C.Cl. The lowest BCUT2D eigenvalue weighted by atomic mass is 9.71. The molecule has 5 rings (SSSR count). The molecule has 11 heteroatoms. The van der Waals surface area contributed by atoms with Gasteiger partial charge in [-0.1, -0.05) is 13.8 Å². The summed E-state index contributed by atoms with van der Waals surface area (Å²) in [4.78, 5) is 27.4. The van der Waals surface area contributed by atoms with Crippen molar-refractivity contribution in [3.63, 3.8) is 0 Å². The first-order valence-electron chi connectivity index (χ1n) is 13.6. The summed E-state index contributed by atoms with van der Waals surface area (Å²) in [6.45, 7) is 11.9. The Labute approximate surface area is 237 Å². The van der Waals surface area contributed by atoms with E-state index in [1.165, 1.54) is 5.69 Å². The Hall–Kier alpha value is -2.92. The average molecular weight is 557 g/mol. The van der Waals surface area contributed by atoms with Gasteiger partial charge < -0.3 is 31.0 Å². The number of carbonyl (C=O) groups is 1. The number of hydrogen-bond donors (Lipinski definition) is 3. The minimum Gasteiger partial charge on any atom is -0.465 e. The molecule has 0 saturated carbocycles. The summed E-state index contributed by atoms with van der Waals surface area (Å²) in [5, 5.41) is 5.33. The monoisotopic (exact) mass is 556 g/mol. The van der Waals surface area contributed by atoms with Gasteiger partial charge in [-0.2, -0.15) is 0 Å². The molecule has 2 aliphatic heterocycles. The van der Waals surface area contributed by atoms with Gasteiger partial charge in [-0.05, 0) is 74.2 Å². The zero-order valence-corrected chi connectivity index (χ0v) is 24.2. The van der Waals surface area contributed by atoms with E-state index in [0.29, 0.717) is 25.6 Å². The number of piperazine rings is 1. The highest BCUT2D eigenvalue weighted by Gasteiger charge is 2.48. The topological polar surface area (TPSA) is 112 Å². The lowest BCUT2D eigenvalue weighted by Crippen LogP contribution is -2.47. The van der Waals surface area contributed by atoms with Crippen LogP contribution >= 0.6 is 12.4 Å². The number of halogens is 1. The molecule has 212 valence electrons. The van der Waals surface area contributed by atoms with Crippen LogP contribution in [-0.2, 0) is 16.0 Å². The Morgan fingerprint density at radius 3 is 2.59 bits per heavy atom. The first kappa shape index (κ1) is 29.1. The molecule has 2 aromatic rings. The van der Waals surface area contributed by atoms with Gasteiger partial charge in [-0.25, -0.2) is 19.8 Å². The third-order valence-corrected chi connectivity index (χ3v) is 7.68. The largest absolute Gasteiger partial charge is 0.465 e. The maximum absolute atomic E-state index is 13.1. The van der Waals surface area contributed by atoms with E-state index in [1.54, 1.807) is 0 Å². The number of aromatic nitrogens is 2. The zero-order valence-electron chi connectivity index (χ0n) is 23.4. The van der Waals surface area contributed by atoms with Gasteiger partial charge >= 0.3 is 5.97 Å². The smallest absolute Gasteiger partial charge is 0.329 e. The van der Waals surface area contributed by atoms with E-state index in [2.05, 4.69) is 70.7 Å². The van der Waals surface area contributed by atoms with E-state index < -0.39 is 6.04 Å². The molecule has 39 heavy (non-hydrogen) atoms. The number of esters is 1. The van der Waals surface area contributed by atoms with Gasteiger partial charge in [0, 0.05) is 50.3 Å². The Balaban J connectivity index is 0.00000353. The second-order valence-electron chi connectivity index (χ2n) is 11.0. The molecular formula is C28H41ClN8O2. The summed E-state index contributed by atoms with van der Waals surface area (Å²) in [7, 11) is 2.17. The molecule has 1 aromatic heterocycles. The molecule has 1 atom stereocenters. The van der Waals surface area contributed by atoms with Gasteiger partial charge in [0.15, 0.2) is 6.04 Å². The van der Waals surface area contributed by atoms with Crippen LogP contribution < -0.4 is 21.4 Å². The minimum atomic E-state index is -0.506. The molecule has 0 amide bonds. The summed E-state index contributed by atoms with van der Waals surface area (Å²) in [5.41, 5.74) is 15.0. The normalized spacial score (nSPS) is 20.5. The Morgan fingerprint density at radius 1 is 1.21 bits per heavy atom. The van der Waals surface area contributed by atoms with Crippen molar-refractivity contribution >= 4 is 41.4 Å². The maximum atomic E-state index is 13.1. The third-order valence-electron chi connectivity index (χ3n) is 7.68. The van der Waals surface area contributed by atoms with Crippen LogP contribution in [0.25, 0.3) is 5.70 Å². The number of nitrogens with zero attached hydrogens (tertiary/aromatic N) is 5. The molecule has 10 nitrogen and oxygen atoms in total. The number of fused-ring (bicyclic) bond motifs is 2. The predicted molar refractivity (Wildman–Crippen MR) is 157 cm³/mol. The molecule has 1 unspecified atom stereocenters. The number of anilines is 3. The second kappa shape index (κ2) is 12.1. The van der Waals surface area contributed by atoms with Crippen LogP contribution in [0.1, 0.15) is 38.4 Å². The van der Waals surface area contributed by atoms with Crippen molar-refractivity contribution < 1.29 is 9.53 Å². The van der Waals surface area contributed by atoms with E-state index in [9.17, 15) is 4.79 Å². The minimum absolute atomic E-state index is 0. The highest BCUT2D eigenvalue weighted by atomic mass is 35.5. The van der Waals surface area contributed by atoms with Crippen LogP contribution in [0.15, 0.2) is 36.0 Å². The summed E-state index contributed by atoms with van der Waals surface area (Å²) in [6.07, 6.45) is 3.40. The zero-order chi connectivity index (χ0) is 26.9. The molecule has 3 heterocycles. The van der Waals surface area contributed by atoms with E-state index >= 15 is 0 Å². The molecule has 1 fully saturated rings. The molecule has 1 aromatic carbocycles. The standard InChI is InChI=1S/C28H40N8O2.ClH/c1-5-38-26(37)25-22-24(33-36(25)12-6-11-29)23-19(17-28(22,2)3)18-30-27(32-23)31-20-7-9-21(10-8-20)35-15-13-34(4)14-16-35;/h7-10,18,25,33H,5-6,11-17,29H2,1-4H3,(H,30,31,32);1H. The van der Waals surface area contributed by atoms with E-state index in [1.807, 2.05) is 18.1 Å². The van der Waals surface area contributed by atoms with Crippen LogP contribution in [-0.4, -0.2) is 84.8 Å². The van der Waals surface area contributed by atoms with Crippen molar-refractivity contribution in [2.75, 3.05) is 63.1 Å². The number of carbonyl (C=O) groups excluding carboxylic acids is 1. The van der Waals surface area contributed by atoms with Crippen molar-refractivity contribution in [3.05, 3.63) is 47.3 Å². The number of benzene rings is 1. The van der Waals surface area contributed by atoms with Gasteiger partial charge in [0.1, 0.15) is 0 Å². The fraction of sp³-hybridized carbons (Fsp3) is 0.536. The number of nitrogens with two attached hydrogens (primary N) is 1. The number of hydrazine groups is 1. The van der Waals surface area contributed by atoms with E-state index in [4.69, 9.17) is 15.5 Å². The fourth-order valence-corrected chi connectivity index (χ4v) is 5.70. The summed E-state index contributed by atoms with van der Waals surface area (Å²) >= 11 is 0. The molecule has 1 aliphatic carbocycles. The number of likely N-dealkylation sites (N-methyl/N-ethyl adjacent to an activating group) is 1. The number of rotatable bonds is 8. The second-order valence-corrected chi connectivity index (χ2v) is 11.0. The third kappa shape index (κ3) is 5.99. The van der Waals surface area contributed by atoms with Crippen molar-refractivity contribution in [2.24, 2.45) is 11.1 Å². The number of nitrogens with one attached hydrogen (secondary N) is 2. The van der Waals surface area contributed by atoms with Crippen molar-refractivity contribution in [1.82, 2.24) is 25.3 Å². The van der Waals surface area contributed by atoms with Gasteiger partial charge in [0.2, 0.25) is 5.95 Å². The quantitative estimate of drug-likeness (QED) is 0.420. The molecular weight excluding hydrogens is 516 g/mol. The van der Waals surface area contributed by atoms with Gasteiger partial charge in [0.05, 0.1) is 18.0 Å². The highest BCUT2D eigenvalue weighted by Crippen LogP contribution is 2.47. The lowest BCUT2D eigenvalue weighted by Gasteiger charge is -2.34. The van der Waals surface area contributed by atoms with Gasteiger partial charge in [-0.15, -0.1) is 12.4 Å². The lowest BCUT2D eigenvalue weighted by molar-refractivity contribution is -0.148. The van der Waals surface area contributed by atoms with Crippen LogP contribution in [0, 0.1) is 5.41 Å². The molecule has 0 radical (unpaired) electrons. The van der Waals surface area contributed by atoms with Crippen LogP contribution in [0.3, 0.4) is 0 Å². The Kier molecular flexibility index (Phi) is 9.00. The summed E-state index contributed by atoms with van der Waals surface area (Å²) in [5.74, 6) is 0.281. The van der Waals surface area contributed by atoms with Crippen molar-refractivity contribution in [1.29, 1.82) is 0 Å². The van der Waals surface area contributed by atoms with Crippen LogP contribution in [0.4, 0.5) is 17.3 Å². The number of ether oxygens (including phenoxy) is 1. The molecule has 0 bridgehead atoms. The molecule has 3 aliphatic rings. The van der Waals surface area contributed by atoms with Crippen LogP contribution in [0.2, 0.25) is 0 Å².